The second-order valence-corrected chi connectivity index (χ2v) is 8.56. The Labute approximate surface area is 189 Å². The Bertz CT molecular complexity index is 991. The van der Waals surface area contributed by atoms with E-state index >= 15 is 0 Å². The highest BCUT2D eigenvalue weighted by Gasteiger charge is 2.47. The molecule has 1 amide bonds. The number of likely N-dealkylation sites (tertiary alicyclic amines) is 1. The van der Waals surface area contributed by atoms with Crippen LogP contribution in [0.3, 0.4) is 0 Å². The van der Waals surface area contributed by atoms with Gasteiger partial charge >= 0.3 is 0 Å². The van der Waals surface area contributed by atoms with E-state index < -0.39 is 0 Å². The van der Waals surface area contributed by atoms with Crippen LogP contribution in [-0.2, 0) is 12.8 Å². The molecule has 3 atom stereocenters. The number of fused-ring (bicyclic) bond motifs is 2. The summed E-state index contributed by atoms with van der Waals surface area (Å²) in [6, 6.07) is 10.2. The second-order valence-electron chi connectivity index (χ2n) is 8.56. The van der Waals surface area contributed by atoms with Crippen LogP contribution in [0.1, 0.15) is 51.6 Å². The third kappa shape index (κ3) is 3.79. The standard InChI is InChI=1S/C23H27N3O2.2ClH/c1-14-6-2-4-8-17(14)21-19-12-24-11-16(19)13-26(21)23(28)18-10-15-7-3-5-9-20(15)25-22(18)27;;/h2,4,6,8,10,16,19,21,24H,3,5,7,9,11-13H2,1H3,(H,25,27);2*1H/t16-,19-,21+;;/m0../s1. The lowest BCUT2D eigenvalue weighted by Crippen LogP contribution is -2.38. The Morgan fingerprint density at radius 3 is 2.67 bits per heavy atom. The summed E-state index contributed by atoms with van der Waals surface area (Å²) in [5.41, 5.74) is 4.66. The van der Waals surface area contributed by atoms with Crippen molar-refractivity contribution < 1.29 is 4.79 Å². The molecule has 1 aromatic carbocycles. The van der Waals surface area contributed by atoms with Crippen LogP contribution < -0.4 is 10.9 Å². The Morgan fingerprint density at radius 2 is 1.87 bits per heavy atom. The highest BCUT2D eigenvalue weighted by atomic mass is 35.5. The molecule has 3 heterocycles. The molecule has 2 saturated heterocycles. The largest absolute Gasteiger partial charge is 0.331 e. The summed E-state index contributed by atoms with van der Waals surface area (Å²) in [5.74, 6) is 0.740. The molecule has 3 aliphatic rings. The average molecular weight is 450 g/mol. The number of rotatable bonds is 2. The fourth-order valence-electron chi connectivity index (χ4n) is 5.44. The Balaban J connectivity index is 0.00000128. The van der Waals surface area contributed by atoms with E-state index in [0.29, 0.717) is 23.9 Å². The van der Waals surface area contributed by atoms with E-state index in [-0.39, 0.29) is 42.3 Å². The molecule has 2 N–H and O–H groups in total. The zero-order valence-corrected chi connectivity index (χ0v) is 18.8. The van der Waals surface area contributed by atoms with Gasteiger partial charge in [-0.3, -0.25) is 9.59 Å². The monoisotopic (exact) mass is 449 g/mol. The topological polar surface area (TPSA) is 65.2 Å². The number of nitrogens with zero attached hydrogens (tertiary/aromatic N) is 1. The molecular formula is C23H29Cl2N3O2. The van der Waals surface area contributed by atoms with E-state index in [1.807, 2.05) is 23.1 Å². The maximum atomic E-state index is 13.6. The van der Waals surface area contributed by atoms with Gasteiger partial charge in [-0.05, 0) is 61.3 Å². The number of aromatic nitrogens is 1. The number of amides is 1. The minimum atomic E-state index is -0.232. The summed E-state index contributed by atoms with van der Waals surface area (Å²) >= 11 is 0. The molecule has 5 nitrogen and oxygen atoms in total. The van der Waals surface area contributed by atoms with Gasteiger partial charge in [0, 0.05) is 31.2 Å². The average Bonchev–Trinajstić information content (AvgIpc) is 3.29. The van der Waals surface area contributed by atoms with Crippen molar-refractivity contribution in [3.8, 4) is 0 Å². The van der Waals surface area contributed by atoms with Crippen LogP contribution in [0, 0.1) is 18.8 Å². The van der Waals surface area contributed by atoms with Gasteiger partial charge in [-0.1, -0.05) is 24.3 Å². The molecule has 2 fully saturated rings. The van der Waals surface area contributed by atoms with Crippen molar-refractivity contribution in [1.82, 2.24) is 15.2 Å². The number of aryl methyl sites for hydroxylation is 3. The molecule has 2 aromatic rings. The van der Waals surface area contributed by atoms with Gasteiger partial charge in [-0.15, -0.1) is 24.8 Å². The SMILES string of the molecule is Cc1ccccc1[C@@H]1[C@H]2CNC[C@H]2CN1C(=O)c1cc2c([nH]c1=O)CCCC2.Cl.Cl. The van der Waals surface area contributed by atoms with E-state index in [2.05, 4.69) is 29.4 Å². The number of aromatic amines is 1. The van der Waals surface area contributed by atoms with E-state index in [1.165, 1.54) is 11.1 Å². The lowest BCUT2D eigenvalue weighted by atomic mass is 9.87. The van der Waals surface area contributed by atoms with Crippen molar-refractivity contribution in [3.63, 3.8) is 0 Å². The van der Waals surface area contributed by atoms with E-state index in [1.54, 1.807) is 0 Å². The summed E-state index contributed by atoms with van der Waals surface area (Å²) in [5, 5.41) is 3.49. The molecular weight excluding hydrogens is 421 g/mol. The van der Waals surface area contributed by atoms with Crippen molar-refractivity contribution in [2.45, 2.75) is 38.6 Å². The van der Waals surface area contributed by atoms with E-state index in [4.69, 9.17) is 0 Å². The highest BCUT2D eigenvalue weighted by molar-refractivity contribution is 5.94. The molecule has 0 unspecified atom stereocenters. The van der Waals surface area contributed by atoms with Gasteiger partial charge in [-0.2, -0.15) is 0 Å². The minimum Gasteiger partial charge on any atom is -0.331 e. The lowest BCUT2D eigenvalue weighted by molar-refractivity contribution is 0.0711. The number of carbonyl (C=O) groups is 1. The van der Waals surface area contributed by atoms with Crippen molar-refractivity contribution >= 4 is 30.7 Å². The first-order valence-electron chi connectivity index (χ1n) is 10.5. The van der Waals surface area contributed by atoms with Crippen molar-refractivity contribution in [1.29, 1.82) is 0 Å². The molecule has 7 heteroatoms. The van der Waals surface area contributed by atoms with Crippen LogP contribution in [0.4, 0.5) is 0 Å². The Kier molecular flexibility index (Phi) is 6.95. The molecule has 0 saturated carbocycles. The van der Waals surface area contributed by atoms with Crippen molar-refractivity contribution in [2.24, 2.45) is 11.8 Å². The van der Waals surface area contributed by atoms with Crippen LogP contribution in [0.25, 0.3) is 0 Å². The van der Waals surface area contributed by atoms with Gasteiger partial charge in [0.15, 0.2) is 0 Å². The molecule has 1 aromatic heterocycles. The van der Waals surface area contributed by atoms with Crippen LogP contribution in [-0.4, -0.2) is 35.4 Å². The van der Waals surface area contributed by atoms with Gasteiger partial charge < -0.3 is 15.2 Å². The molecule has 2 aliphatic heterocycles. The first-order chi connectivity index (χ1) is 13.6. The van der Waals surface area contributed by atoms with E-state index in [9.17, 15) is 9.59 Å². The maximum absolute atomic E-state index is 13.6. The molecule has 1 aliphatic carbocycles. The van der Waals surface area contributed by atoms with Gasteiger partial charge in [-0.25, -0.2) is 0 Å². The number of H-pyrrole nitrogens is 1. The first-order valence-corrected chi connectivity index (χ1v) is 10.5. The van der Waals surface area contributed by atoms with Crippen LogP contribution in [0.15, 0.2) is 35.1 Å². The Morgan fingerprint density at radius 1 is 1.10 bits per heavy atom. The van der Waals surface area contributed by atoms with Gasteiger partial charge in [0.05, 0.1) is 6.04 Å². The summed E-state index contributed by atoms with van der Waals surface area (Å²) < 4.78 is 0. The normalized spacial score (nSPS) is 24.4. The summed E-state index contributed by atoms with van der Waals surface area (Å²) in [4.78, 5) is 31.3. The maximum Gasteiger partial charge on any atom is 0.261 e. The van der Waals surface area contributed by atoms with Crippen LogP contribution in [0.5, 0.6) is 0 Å². The van der Waals surface area contributed by atoms with Crippen LogP contribution in [0.2, 0.25) is 0 Å². The number of pyridine rings is 1. The first kappa shape index (κ1) is 22.9. The number of carbonyl (C=O) groups excluding carboxylic acids is 1. The predicted octanol–water partition coefficient (Wildman–Crippen LogP) is 3.44. The minimum absolute atomic E-state index is 0. The van der Waals surface area contributed by atoms with Gasteiger partial charge in [0.1, 0.15) is 5.56 Å². The smallest absolute Gasteiger partial charge is 0.261 e. The molecule has 30 heavy (non-hydrogen) atoms. The van der Waals surface area contributed by atoms with Crippen LogP contribution >= 0.6 is 24.8 Å². The van der Waals surface area contributed by atoms with Crippen molar-refractivity contribution in [3.05, 3.63) is 68.6 Å². The molecule has 0 spiro atoms. The quantitative estimate of drug-likeness (QED) is 0.737. The number of nitrogens with one attached hydrogen (secondary N) is 2. The number of benzene rings is 1. The van der Waals surface area contributed by atoms with Gasteiger partial charge in [0.2, 0.25) is 0 Å². The number of hydrogen-bond acceptors (Lipinski definition) is 3. The fraction of sp³-hybridized carbons (Fsp3) is 0.478. The molecule has 162 valence electrons. The predicted molar refractivity (Wildman–Crippen MR) is 123 cm³/mol. The third-order valence-electron chi connectivity index (χ3n) is 6.90. The summed E-state index contributed by atoms with van der Waals surface area (Å²) in [7, 11) is 0. The molecule has 0 radical (unpaired) electrons. The number of hydrogen-bond donors (Lipinski definition) is 2. The second kappa shape index (κ2) is 9.13. The summed E-state index contributed by atoms with van der Waals surface area (Å²) in [6.07, 6.45) is 4.08. The summed E-state index contributed by atoms with van der Waals surface area (Å²) in [6.45, 7) is 4.69. The molecule has 0 bridgehead atoms. The van der Waals surface area contributed by atoms with Gasteiger partial charge in [0.25, 0.3) is 11.5 Å². The Hall–Kier alpha value is -1.82. The zero-order chi connectivity index (χ0) is 19.3. The third-order valence-corrected chi connectivity index (χ3v) is 6.90. The zero-order valence-electron chi connectivity index (χ0n) is 17.1. The highest BCUT2D eigenvalue weighted by Crippen LogP contribution is 2.44. The molecule has 5 rings (SSSR count). The number of halogens is 2. The van der Waals surface area contributed by atoms with Crippen molar-refractivity contribution in [2.75, 3.05) is 19.6 Å². The van der Waals surface area contributed by atoms with E-state index in [0.717, 1.165) is 50.0 Å². The fourth-order valence-corrected chi connectivity index (χ4v) is 5.44. The lowest BCUT2D eigenvalue weighted by Gasteiger charge is -2.30.